The number of benzene rings is 3. The minimum Gasteiger partial charge on any atom is -0.456 e. The van der Waals surface area contributed by atoms with Gasteiger partial charge in [-0.3, -0.25) is 14.4 Å². The zero-order valence-corrected chi connectivity index (χ0v) is 18.8. The van der Waals surface area contributed by atoms with Gasteiger partial charge < -0.3 is 15.4 Å². The van der Waals surface area contributed by atoms with Crippen molar-refractivity contribution in [3.05, 3.63) is 101 Å². The molecule has 0 bridgehead atoms. The maximum absolute atomic E-state index is 12.3. The van der Waals surface area contributed by atoms with E-state index in [-0.39, 0.29) is 18.9 Å². The van der Waals surface area contributed by atoms with Crippen LogP contribution in [0.3, 0.4) is 0 Å². The molecule has 6 nitrogen and oxygen atoms in total. The monoisotopic (exact) mass is 464 g/mol. The van der Waals surface area contributed by atoms with E-state index >= 15 is 0 Å². The van der Waals surface area contributed by atoms with Gasteiger partial charge >= 0.3 is 5.97 Å². The lowest BCUT2D eigenvalue weighted by Gasteiger charge is -2.11. The third kappa shape index (κ3) is 8.09. The van der Waals surface area contributed by atoms with Gasteiger partial charge in [0, 0.05) is 29.2 Å². The second-order valence-electron chi connectivity index (χ2n) is 7.39. The predicted molar refractivity (Wildman–Crippen MR) is 128 cm³/mol. The van der Waals surface area contributed by atoms with Crippen molar-refractivity contribution >= 4 is 35.1 Å². The summed E-state index contributed by atoms with van der Waals surface area (Å²) in [5.41, 5.74) is 3.28. The normalized spacial score (nSPS) is 10.3. The number of halogens is 1. The van der Waals surface area contributed by atoms with Crippen molar-refractivity contribution in [1.29, 1.82) is 0 Å². The van der Waals surface area contributed by atoms with Crippen molar-refractivity contribution < 1.29 is 19.1 Å². The molecule has 0 saturated heterocycles. The highest BCUT2D eigenvalue weighted by Gasteiger charge is 2.11. The smallest absolute Gasteiger partial charge is 0.306 e. The van der Waals surface area contributed by atoms with E-state index in [1.807, 2.05) is 54.6 Å². The van der Waals surface area contributed by atoms with E-state index < -0.39 is 11.9 Å². The fourth-order valence-electron chi connectivity index (χ4n) is 3.15. The first-order chi connectivity index (χ1) is 16.0. The first kappa shape index (κ1) is 24.0. The van der Waals surface area contributed by atoms with Crippen LogP contribution >= 0.6 is 11.6 Å². The van der Waals surface area contributed by atoms with E-state index in [1.165, 1.54) is 0 Å². The molecule has 0 unspecified atom stereocenters. The van der Waals surface area contributed by atoms with Gasteiger partial charge in [0.05, 0.1) is 0 Å². The molecule has 0 aliphatic rings. The molecule has 3 rings (SSSR count). The largest absolute Gasteiger partial charge is 0.456 e. The fourth-order valence-corrected chi connectivity index (χ4v) is 3.28. The summed E-state index contributed by atoms with van der Waals surface area (Å²) in [5, 5.41) is 6.09. The quantitative estimate of drug-likeness (QED) is 0.338. The van der Waals surface area contributed by atoms with Gasteiger partial charge in [0.2, 0.25) is 0 Å². The third-order valence-corrected chi connectivity index (χ3v) is 5.09. The molecule has 2 amide bonds. The topological polar surface area (TPSA) is 84.5 Å². The number of hydrogen-bond donors (Lipinski definition) is 2. The van der Waals surface area contributed by atoms with Crippen molar-refractivity contribution in [3.63, 3.8) is 0 Å². The molecule has 0 aliphatic heterocycles. The van der Waals surface area contributed by atoms with Gasteiger partial charge in [-0.25, -0.2) is 0 Å². The summed E-state index contributed by atoms with van der Waals surface area (Å²) in [6.45, 7) is -0.0503. The fraction of sp³-hybridized carbons (Fsp3) is 0.192. The molecule has 0 fully saturated rings. The maximum atomic E-state index is 12.3. The number of hydrogen-bond acceptors (Lipinski definition) is 4. The zero-order chi connectivity index (χ0) is 23.5. The Morgan fingerprint density at radius 2 is 1.55 bits per heavy atom. The van der Waals surface area contributed by atoms with Crippen LogP contribution in [0.15, 0.2) is 78.9 Å². The minimum atomic E-state index is -0.497. The average molecular weight is 465 g/mol. The van der Waals surface area contributed by atoms with Crippen molar-refractivity contribution in [3.8, 4) is 0 Å². The minimum absolute atomic E-state index is 0.0960. The Hall–Kier alpha value is -3.64. The van der Waals surface area contributed by atoms with Crippen LogP contribution in [0, 0.1) is 0 Å². The summed E-state index contributed by atoms with van der Waals surface area (Å²) >= 11 is 5.80. The van der Waals surface area contributed by atoms with Crippen LogP contribution in [0.25, 0.3) is 0 Å². The summed E-state index contributed by atoms with van der Waals surface area (Å²) in [5.74, 6) is -1.14. The summed E-state index contributed by atoms with van der Waals surface area (Å²) < 4.78 is 5.06. The van der Waals surface area contributed by atoms with E-state index in [2.05, 4.69) is 10.6 Å². The van der Waals surface area contributed by atoms with Crippen LogP contribution in [-0.2, 0) is 20.7 Å². The molecule has 0 radical (unpaired) electrons. The van der Waals surface area contributed by atoms with Gasteiger partial charge in [0.1, 0.15) is 0 Å². The van der Waals surface area contributed by atoms with Gasteiger partial charge in [-0.2, -0.15) is 0 Å². The summed E-state index contributed by atoms with van der Waals surface area (Å²) in [6.07, 6.45) is 1.18. The Morgan fingerprint density at radius 1 is 0.848 bits per heavy atom. The van der Waals surface area contributed by atoms with Gasteiger partial charge in [-0.05, 0) is 54.3 Å². The second-order valence-corrected chi connectivity index (χ2v) is 7.83. The molecule has 3 aromatic rings. The maximum Gasteiger partial charge on any atom is 0.306 e. The number of carbonyl (C=O) groups is 3. The number of anilines is 1. The highest BCUT2D eigenvalue weighted by molar-refractivity contribution is 6.30. The molecule has 7 heteroatoms. The van der Waals surface area contributed by atoms with E-state index in [4.69, 9.17) is 16.3 Å². The van der Waals surface area contributed by atoms with Crippen LogP contribution in [0.5, 0.6) is 0 Å². The predicted octanol–water partition coefficient (Wildman–Crippen LogP) is 4.62. The Kier molecular flexibility index (Phi) is 9.03. The Morgan fingerprint density at radius 3 is 2.30 bits per heavy atom. The van der Waals surface area contributed by atoms with Gasteiger partial charge in [0.25, 0.3) is 11.8 Å². The van der Waals surface area contributed by atoms with Crippen molar-refractivity contribution in [2.45, 2.75) is 19.3 Å². The van der Waals surface area contributed by atoms with Crippen LogP contribution in [0.4, 0.5) is 5.69 Å². The molecular formula is C26H25ClN2O4. The van der Waals surface area contributed by atoms with Crippen molar-refractivity contribution in [2.24, 2.45) is 0 Å². The number of ether oxygens (including phenoxy) is 1. The van der Waals surface area contributed by atoms with Gasteiger partial charge in [0.15, 0.2) is 6.61 Å². The Balaban J connectivity index is 1.37. The van der Waals surface area contributed by atoms with Gasteiger partial charge in [-0.1, -0.05) is 60.1 Å². The molecule has 0 aliphatic carbocycles. The molecule has 0 atom stereocenters. The van der Waals surface area contributed by atoms with E-state index in [1.54, 1.807) is 24.3 Å². The molecule has 0 saturated carbocycles. The molecule has 170 valence electrons. The lowest BCUT2D eigenvalue weighted by atomic mass is 10.0. The first-order valence-electron chi connectivity index (χ1n) is 10.6. The summed E-state index contributed by atoms with van der Waals surface area (Å²) in [7, 11) is 0. The number of esters is 1. The van der Waals surface area contributed by atoms with Crippen LogP contribution < -0.4 is 10.6 Å². The molecule has 3 aromatic carbocycles. The van der Waals surface area contributed by atoms with Crippen LogP contribution in [0.2, 0.25) is 5.02 Å². The number of amides is 2. The molecule has 33 heavy (non-hydrogen) atoms. The molecule has 2 N–H and O–H groups in total. The number of nitrogens with one attached hydrogen (secondary N) is 2. The molecule has 0 heterocycles. The van der Waals surface area contributed by atoms with E-state index in [9.17, 15) is 14.4 Å². The lowest BCUT2D eigenvalue weighted by molar-refractivity contribution is -0.147. The molecular weight excluding hydrogens is 440 g/mol. The molecule has 0 aromatic heterocycles. The number of carbonyl (C=O) groups excluding carboxylic acids is 3. The molecule has 0 spiro atoms. The van der Waals surface area contributed by atoms with Crippen LogP contribution in [-0.4, -0.2) is 30.9 Å². The van der Waals surface area contributed by atoms with E-state index in [0.29, 0.717) is 35.7 Å². The Labute approximate surface area is 197 Å². The summed E-state index contributed by atoms with van der Waals surface area (Å²) in [6, 6.07) is 24.0. The highest BCUT2D eigenvalue weighted by Crippen LogP contribution is 2.19. The second kappa shape index (κ2) is 12.4. The Bertz CT molecular complexity index is 1080. The number of rotatable bonds is 10. The van der Waals surface area contributed by atoms with E-state index in [0.717, 1.165) is 11.1 Å². The SMILES string of the molecule is O=C(COC(=O)CCCNC(=O)c1ccc(Cl)cc1)Nc1ccccc1Cc1ccccc1. The average Bonchev–Trinajstić information content (AvgIpc) is 2.83. The van der Waals surface area contributed by atoms with Crippen molar-refractivity contribution in [2.75, 3.05) is 18.5 Å². The number of para-hydroxylation sites is 1. The first-order valence-corrected chi connectivity index (χ1v) is 11.0. The van der Waals surface area contributed by atoms with Crippen LogP contribution in [0.1, 0.15) is 34.3 Å². The lowest BCUT2D eigenvalue weighted by Crippen LogP contribution is -2.25. The third-order valence-electron chi connectivity index (χ3n) is 4.84. The van der Waals surface area contributed by atoms with Gasteiger partial charge in [-0.15, -0.1) is 0 Å². The van der Waals surface area contributed by atoms with Crippen molar-refractivity contribution in [1.82, 2.24) is 5.32 Å². The zero-order valence-electron chi connectivity index (χ0n) is 18.1. The highest BCUT2D eigenvalue weighted by atomic mass is 35.5. The summed E-state index contributed by atoms with van der Waals surface area (Å²) in [4.78, 5) is 36.2. The standard InChI is InChI=1S/C26H25ClN2O4/c27-22-14-12-20(13-15-22)26(32)28-16-6-11-25(31)33-18-24(30)29-23-10-5-4-9-21(23)17-19-7-2-1-3-8-19/h1-5,7-10,12-15H,6,11,16-18H2,(H,28,32)(H,29,30).